The minimum absolute atomic E-state index is 0.256. The lowest BCUT2D eigenvalue weighted by molar-refractivity contribution is -0.139. The van der Waals surface area contributed by atoms with Crippen molar-refractivity contribution in [1.82, 2.24) is 4.90 Å². The van der Waals surface area contributed by atoms with Gasteiger partial charge in [0.15, 0.2) is 0 Å². The average molecular weight is 335 g/mol. The van der Waals surface area contributed by atoms with E-state index in [-0.39, 0.29) is 18.5 Å². The number of carbonyl (C=O) groups excluding carboxylic acids is 2. The van der Waals surface area contributed by atoms with Crippen LogP contribution < -0.4 is 0 Å². The van der Waals surface area contributed by atoms with E-state index in [0.717, 1.165) is 13.1 Å². The van der Waals surface area contributed by atoms with E-state index in [4.69, 9.17) is 4.74 Å². The molecule has 0 aromatic heterocycles. The van der Waals surface area contributed by atoms with Crippen LogP contribution in [0.15, 0.2) is 62.3 Å². The number of hydrogen-bond acceptors (Lipinski definition) is 5. The molecule has 0 amide bonds. The molecule has 0 aliphatic carbocycles. The Kier molecular flexibility index (Phi) is 15.4. The highest BCUT2D eigenvalue weighted by Crippen LogP contribution is 1.94. The van der Waals surface area contributed by atoms with Gasteiger partial charge >= 0.3 is 11.9 Å². The molecule has 0 saturated carbocycles. The van der Waals surface area contributed by atoms with Crippen LogP contribution in [-0.2, 0) is 19.1 Å². The number of hydrogen-bond donors (Lipinski definition) is 0. The molecule has 0 heterocycles. The molecule has 0 spiro atoms. The van der Waals surface area contributed by atoms with Gasteiger partial charge in [0.25, 0.3) is 0 Å². The molecule has 0 aliphatic heterocycles. The smallest absolute Gasteiger partial charge is 0.333 e. The van der Waals surface area contributed by atoms with E-state index in [9.17, 15) is 9.59 Å². The molecule has 5 nitrogen and oxygen atoms in total. The van der Waals surface area contributed by atoms with Gasteiger partial charge in [-0.3, -0.25) is 4.90 Å². The summed E-state index contributed by atoms with van der Waals surface area (Å²) in [5.74, 6) is -0.706. The summed E-state index contributed by atoms with van der Waals surface area (Å²) in [6.45, 7) is 23.7. The fraction of sp³-hybridized carbons (Fsp3) is 0.368. The van der Waals surface area contributed by atoms with Crippen LogP contribution in [0.1, 0.15) is 13.8 Å². The first-order valence-electron chi connectivity index (χ1n) is 7.50. The van der Waals surface area contributed by atoms with Gasteiger partial charge in [0, 0.05) is 30.8 Å². The van der Waals surface area contributed by atoms with Gasteiger partial charge < -0.3 is 9.47 Å². The molecule has 0 fully saturated rings. The number of rotatable bonds is 11. The summed E-state index contributed by atoms with van der Waals surface area (Å²) < 4.78 is 9.57. The van der Waals surface area contributed by atoms with Gasteiger partial charge in [-0.25, -0.2) is 9.59 Å². The molecule has 24 heavy (non-hydrogen) atoms. The number of ether oxygens (including phenoxy) is 2. The van der Waals surface area contributed by atoms with Gasteiger partial charge in [-0.1, -0.05) is 38.0 Å². The zero-order chi connectivity index (χ0) is 19.0. The maximum atomic E-state index is 11.1. The van der Waals surface area contributed by atoms with Gasteiger partial charge in [0.05, 0.1) is 0 Å². The Morgan fingerprint density at radius 1 is 0.875 bits per heavy atom. The van der Waals surface area contributed by atoms with Gasteiger partial charge in [-0.05, 0) is 13.8 Å². The number of carbonyl (C=O) groups is 2. The largest absolute Gasteiger partial charge is 0.461 e. The van der Waals surface area contributed by atoms with E-state index >= 15 is 0 Å². The first kappa shape index (κ1) is 23.9. The Bertz CT molecular complexity index is 456. The van der Waals surface area contributed by atoms with Crippen molar-refractivity contribution in [3.63, 3.8) is 0 Å². The van der Waals surface area contributed by atoms with Crippen molar-refractivity contribution in [3.8, 4) is 0 Å². The van der Waals surface area contributed by atoms with Crippen LogP contribution >= 0.6 is 0 Å². The Morgan fingerprint density at radius 2 is 1.33 bits per heavy atom. The zero-order valence-corrected chi connectivity index (χ0v) is 14.9. The molecule has 0 rings (SSSR count). The molecule has 134 valence electrons. The van der Waals surface area contributed by atoms with E-state index in [1.807, 2.05) is 12.2 Å². The fourth-order valence-corrected chi connectivity index (χ4v) is 1.27. The molecule has 0 bridgehead atoms. The van der Waals surface area contributed by atoms with Crippen LogP contribution in [0, 0.1) is 0 Å². The number of esters is 2. The van der Waals surface area contributed by atoms with E-state index in [2.05, 4.69) is 42.5 Å². The summed E-state index contributed by atoms with van der Waals surface area (Å²) in [5.41, 5.74) is 0.839. The Labute approximate surface area is 145 Å². The molecule has 0 unspecified atom stereocenters. The maximum Gasteiger partial charge on any atom is 0.333 e. The predicted octanol–water partition coefficient (Wildman–Crippen LogP) is 3.07. The van der Waals surface area contributed by atoms with Crippen LogP contribution in [0.25, 0.3) is 0 Å². The van der Waals surface area contributed by atoms with Crippen LogP contribution in [0.5, 0.6) is 0 Å². The number of nitrogens with zero attached hydrogens (tertiary/aromatic N) is 1. The minimum Gasteiger partial charge on any atom is -0.461 e. The molecule has 0 aliphatic rings. The molecular weight excluding hydrogens is 306 g/mol. The first-order chi connectivity index (χ1) is 11.3. The standard InChI is InChI=1S/C12H19NO2.C7H10O2/c1-5-7-13(8-6-2)9-10-15-12(14)11(3)4;1-4-5-9-7(8)6(2)3/h5-6H,1-3,7-10H2,4H3;4H,1-2,5H2,3H3. The van der Waals surface area contributed by atoms with Crippen LogP contribution in [-0.4, -0.2) is 49.7 Å². The van der Waals surface area contributed by atoms with Crippen molar-refractivity contribution < 1.29 is 19.1 Å². The molecule has 5 heteroatoms. The first-order valence-corrected chi connectivity index (χ1v) is 7.50. The third-order valence-electron chi connectivity index (χ3n) is 2.44. The van der Waals surface area contributed by atoms with Crippen molar-refractivity contribution in [3.05, 3.63) is 62.3 Å². The summed E-state index contributed by atoms with van der Waals surface area (Å²) in [5, 5.41) is 0. The van der Waals surface area contributed by atoms with E-state index in [1.54, 1.807) is 13.8 Å². The molecular formula is C19H29NO4. The second kappa shape index (κ2) is 15.5. The summed E-state index contributed by atoms with van der Waals surface area (Å²) in [6.07, 6.45) is 5.13. The third-order valence-corrected chi connectivity index (χ3v) is 2.44. The normalized spacial score (nSPS) is 9.12. The highest BCUT2D eigenvalue weighted by atomic mass is 16.5. The van der Waals surface area contributed by atoms with Gasteiger partial charge in [0.2, 0.25) is 0 Å². The van der Waals surface area contributed by atoms with Crippen molar-refractivity contribution >= 4 is 11.9 Å². The van der Waals surface area contributed by atoms with Crippen molar-refractivity contribution in [2.24, 2.45) is 0 Å². The monoisotopic (exact) mass is 335 g/mol. The molecule has 0 N–H and O–H groups in total. The lowest BCUT2D eigenvalue weighted by atomic mass is 10.4. The molecule has 0 aromatic carbocycles. The van der Waals surface area contributed by atoms with Crippen molar-refractivity contribution in [2.75, 3.05) is 32.8 Å². The van der Waals surface area contributed by atoms with Gasteiger partial charge in [-0.15, -0.1) is 13.2 Å². The Balaban J connectivity index is 0. The Hall–Kier alpha value is -2.40. The molecule has 0 atom stereocenters. The van der Waals surface area contributed by atoms with Gasteiger partial charge in [0.1, 0.15) is 13.2 Å². The second-order valence-corrected chi connectivity index (χ2v) is 4.92. The lowest BCUT2D eigenvalue weighted by Gasteiger charge is -2.18. The van der Waals surface area contributed by atoms with Crippen LogP contribution in [0.3, 0.4) is 0 Å². The Morgan fingerprint density at radius 3 is 1.71 bits per heavy atom. The summed E-state index contributed by atoms with van der Waals surface area (Å²) >= 11 is 0. The minimum atomic E-state index is -0.366. The highest BCUT2D eigenvalue weighted by molar-refractivity contribution is 5.87. The summed E-state index contributed by atoms with van der Waals surface area (Å²) in [6, 6.07) is 0. The third kappa shape index (κ3) is 14.5. The predicted molar refractivity (Wildman–Crippen MR) is 98.6 cm³/mol. The molecule has 0 aromatic rings. The quantitative estimate of drug-likeness (QED) is 0.330. The summed E-state index contributed by atoms with van der Waals surface area (Å²) in [7, 11) is 0. The lowest BCUT2D eigenvalue weighted by Crippen LogP contribution is -2.28. The summed E-state index contributed by atoms with van der Waals surface area (Å²) in [4.78, 5) is 23.7. The zero-order valence-electron chi connectivity index (χ0n) is 14.9. The second-order valence-electron chi connectivity index (χ2n) is 4.92. The highest BCUT2D eigenvalue weighted by Gasteiger charge is 2.05. The van der Waals surface area contributed by atoms with E-state index in [0.29, 0.717) is 24.3 Å². The van der Waals surface area contributed by atoms with Crippen molar-refractivity contribution in [2.45, 2.75) is 13.8 Å². The fourth-order valence-electron chi connectivity index (χ4n) is 1.27. The molecule has 0 radical (unpaired) electrons. The van der Waals surface area contributed by atoms with E-state index in [1.165, 1.54) is 6.08 Å². The van der Waals surface area contributed by atoms with Crippen molar-refractivity contribution in [1.29, 1.82) is 0 Å². The van der Waals surface area contributed by atoms with E-state index < -0.39 is 0 Å². The average Bonchev–Trinajstić information content (AvgIpc) is 2.53. The van der Waals surface area contributed by atoms with Gasteiger partial charge in [-0.2, -0.15) is 0 Å². The molecule has 0 saturated heterocycles. The van der Waals surface area contributed by atoms with Crippen LogP contribution in [0.2, 0.25) is 0 Å². The topological polar surface area (TPSA) is 55.8 Å². The maximum absolute atomic E-state index is 11.1. The SMILES string of the molecule is C=CCN(CC=C)CCOC(=O)C(=C)C.C=CCOC(=O)C(=C)C. The van der Waals surface area contributed by atoms with Crippen LogP contribution in [0.4, 0.5) is 0 Å².